The average Bonchev–Trinajstić information content (AvgIpc) is 2.56. The third kappa shape index (κ3) is 5.86. The Hall–Kier alpha value is -0.650. The number of carbonyl (C=O) groups excluding carboxylic acids is 1. The molecule has 0 spiro atoms. The van der Waals surface area contributed by atoms with Crippen LogP contribution >= 0.6 is 0 Å². The maximum atomic E-state index is 12.1. The normalized spacial score (nSPS) is 22.4. The van der Waals surface area contributed by atoms with Crippen LogP contribution in [0.1, 0.15) is 57.8 Å². The highest BCUT2D eigenvalue weighted by Crippen LogP contribution is 2.38. The van der Waals surface area contributed by atoms with Gasteiger partial charge in [0.2, 0.25) is 5.91 Å². The van der Waals surface area contributed by atoms with Gasteiger partial charge in [-0.05, 0) is 44.1 Å². The van der Waals surface area contributed by atoms with Crippen molar-refractivity contribution in [2.75, 3.05) is 32.9 Å². The summed E-state index contributed by atoms with van der Waals surface area (Å²) >= 11 is 0. The molecule has 0 aromatic rings. The molecule has 22 heavy (non-hydrogen) atoms. The fraction of sp³-hybridized carbons (Fsp3) is 0.941. The summed E-state index contributed by atoms with van der Waals surface area (Å²) in [6.07, 6.45) is 9.69. The molecule has 2 aliphatic rings. The molecule has 0 aromatic heterocycles. The van der Waals surface area contributed by atoms with Crippen molar-refractivity contribution in [3.05, 3.63) is 0 Å². The van der Waals surface area contributed by atoms with Gasteiger partial charge in [-0.1, -0.05) is 19.3 Å². The average molecular weight is 312 g/mol. The second-order valence-electron chi connectivity index (χ2n) is 6.83. The summed E-state index contributed by atoms with van der Waals surface area (Å²) in [6.45, 7) is 3.66. The van der Waals surface area contributed by atoms with E-state index in [4.69, 9.17) is 15.2 Å². The van der Waals surface area contributed by atoms with Crippen LogP contribution in [0.3, 0.4) is 0 Å². The van der Waals surface area contributed by atoms with Crippen LogP contribution in [0.15, 0.2) is 0 Å². The van der Waals surface area contributed by atoms with Gasteiger partial charge in [0.15, 0.2) is 0 Å². The van der Waals surface area contributed by atoms with E-state index in [1.807, 2.05) is 0 Å². The first-order valence-corrected chi connectivity index (χ1v) is 8.90. The fourth-order valence-corrected chi connectivity index (χ4v) is 3.55. The molecule has 0 bridgehead atoms. The van der Waals surface area contributed by atoms with Crippen LogP contribution in [0.4, 0.5) is 0 Å². The molecule has 1 saturated carbocycles. The molecular formula is C17H32N2O3. The number of hydrogen-bond donors (Lipinski definition) is 2. The van der Waals surface area contributed by atoms with Gasteiger partial charge in [0, 0.05) is 32.8 Å². The van der Waals surface area contributed by atoms with Crippen molar-refractivity contribution >= 4 is 5.91 Å². The molecule has 2 rings (SSSR count). The Bertz CT molecular complexity index is 324. The van der Waals surface area contributed by atoms with E-state index >= 15 is 0 Å². The molecule has 5 nitrogen and oxygen atoms in total. The number of rotatable bonds is 8. The molecule has 0 radical (unpaired) electrons. The zero-order valence-corrected chi connectivity index (χ0v) is 13.8. The third-order valence-corrected chi connectivity index (χ3v) is 5.05. The van der Waals surface area contributed by atoms with Crippen LogP contribution < -0.4 is 11.1 Å². The molecule has 1 aliphatic heterocycles. The summed E-state index contributed by atoms with van der Waals surface area (Å²) in [5, 5.41) is 3.03. The Balaban J connectivity index is 1.55. The molecule has 5 heteroatoms. The number of amides is 1. The lowest BCUT2D eigenvalue weighted by atomic mass is 9.71. The lowest BCUT2D eigenvalue weighted by molar-refractivity contribution is -0.123. The van der Waals surface area contributed by atoms with E-state index in [9.17, 15) is 4.79 Å². The van der Waals surface area contributed by atoms with Gasteiger partial charge in [-0.3, -0.25) is 4.79 Å². The first-order valence-electron chi connectivity index (χ1n) is 8.90. The van der Waals surface area contributed by atoms with Gasteiger partial charge in [-0.25, -0.2) is 0 Å². The summed E-state index contributed by atoms with van der Waals surface area (Å²) < 4.78 is 11.1. The summed E-state index contributed by atoms with van der Waals surface area (Å²) in [6, 6.07) is 0. The van der Waals surface area contributed by atoms with Gasteiger partial charge in [-0.2, -0.15) is 0 Å². The van der Waals surface area contributed by atoms with E-state index in [2.05, 4.69) is 5.32 Å². The minimum atomic E-state index is 0.0565. The van der Waals surface area contributed by atoms with Crippen molar-refractivity contribution in [3.8, 4) is 0 Å². The van der Waals surface area contributed by atoms with Crippen molar-refractivity contribution in [2.45, 2.75) is 63.9 Å². The smallest absolute Gasteiger partial charge is 0.220 e. The minimum Gasteiger partial charge on any atom is -0.381 e. The number of carbonyl (C=O) groups is 1. The highest BCUT2D eigenvalue weighted by Gasteiger charge is 2.32. The van der Waals surface area contributed by atoms with Crippen LogP contribution in [0, 0.1) is 5.41 Å². The Morgan fingerprint density at radius 2 is 1.95 bits per heavy atom. The van der Waals surface area contributed by atoms with Crippen LogP contribution in [0.25, 0.3) is 0 Å². The number of ether oxygens (including phenoxy) is 2. The molecule has 0 aromatic carbocycles. The first-order chi connectivity index (χ1) is 10.7. The van der Waals surface area contributed by atoms with E-state index in [0.717, 1.165) is 45.3 Å². The van der Waals surface area contributed by atoms with E-state index < -0.39 is 0 Å². The predicted octanol–water partition coefficient (Wildman–Crippen LogP) is 1.99. The molecule has 1 aliphatic carbocycles. The van der Waals surface area contributed by atoms with Crippen LogP contribution in [-0.4, -0.2) is 44.9 Å². The highest BCUT2D eigenvalue weighted by atomic mass is 16.5. The summed E-state index contributed by atoms with van der Waals surface area (Å²) in [7, 11) is 0. The maximum absolute atomic E-state index is 12.1. The number of nitrogens with one attached hydrogen (secondary N) is 1. The van der Waals surface area contributed by atoms with Gasteiger partial charge in [-0.15, -0.1) is 0 Å². The van der Waals surface area contributed by atoms with Crippen molar-refractivity contribution in [1.82, 2.24) is 5.32 Å². The Morgan fingerprint density at radius 3 is 2.64 bits per heavy atom. The predicted molar refractivity (Wildman–Crippen MR) is 86.6 cm³/mol. The minimum absolute atomic E-state index is 0.0565. The van der Waals surface area contributed by atoms with Crippen LogP contribution in [0.5, 0.6) is 0 Å². The van der Waals surface area contributed by atoms with E-state index in [1.54, 1.807) is 0 Å². The first kappa shape index (κ1) is 17.7. The summed E-state index contributed by atoms with van der Waals surface area (Å²) in [5.74, 6) is 0.151. The van der Waals surface area contributed by atoms with Crippen LogP contribution in [-0.2, 0) is 14.3 Å². The molecular weight excluding hydrogens is 280 g/mol. The maximum Gasteiger partial charge on any atom is 0.220 e. The standard InChI is InChI=1S/C17H32N2O3/c18-14-17(7-2-1-3-8-17)13-16(20)19-9-4-10-22-15-5-11-21-12-6-15/h15H,1-14,18H2,(H,19,20). The molecule has 2 fully saturated rings. The van der Waals surface area contributed by atoms with Gasteiger partial charge < -0.3 is 20.5 Å². The monoisotopic (exact) mass is 312 g/mol. The lowest BCUT2D eigenvalue weighted by Gasteiger charge is -2.35. The Kier molecular flexibility index (Phi) is 7.63. The SMILES string of the molecule is NCC1(CC(=O)NCCCOC2CCOCC2)CCCCC1. The number of nitrogens with two attached hydrogens (primary N) is 1. The van der Waals surface area contributed by atoms with Gasteiger partial charge in [0.25, 0.3) is 0 Å². The molecule has 1 saturated heterocycles. The van der Waals surface area contributed by atoms with Crippen molar-refractivity contribution in [3.63, 3.8) is 0 Å². The number of hydrogen-bond acceptors (Lipinski definition) is 4. The molecule has 1 heterocycles. The quantitative estimate of drug-likeness (QED) is 0.672. The van der Waals surface area contributed by atoms with Crippen LogP contribution in [0.2, 0.25) is 0 Å². The third-order valence-electron chi connectivity index (χ3n) is 5.05. The second-order valence-corrected chi connectivity index (χ2v) is 6.83. The van der Waals surface area contributed by atoms with E-state index in [1.165, 1.54) is 19.3 Å². The second kappa shape index (κ2) is 9.48. The van der Waals surface area contributed by atoms with E-state index in [-0.39, 0.29) is 11.3 Å². The molecule has 0 unspecified atom stereocenters. The Morgan fingerprint density at radius 1 is 1.23 bits per heavy atom. The molecule has 0 atom stereocenters. The molecule has 3 N–H and O–H groups in total. The zero-order valence-electron chi connectivity index (χ0n) is 13.8. The molecule has 1 amide bonds. The lowest BCUT2D eigenvalue weighted by Crippen LogP contribution is -2.39. The van der Waals surface area contributed by atoms with Crippen molar-refractivity contribution in [2.24, 2.45) is 11.1 Å². The topological polar surface area (TPSA) is 73.6 Å². The van der Waals surface area contributed by atoms with Gasteiger partial charge in [0.05, 0.1) is 6.10 Å². The summed E-state index contributed by atoms with van der Waals surface area (Å²) in [4.78, 5) is 12.1. The fourth-order valence-electron chi connectivity index (χ4n) is 3.55. The molecule has 128 valence electrons. The highest BCUT2D eigenvalue weighted by molar-refractivity contribution is 5.76. The van der Waals surface area contributed by atoms with Crippen molar-refractivity contribution < 1.29 is 14.3 Å². The Labute approximate surface area is 134 Å². The summed E-state index contributed by atoms with van der Waals surface area (Å²) in [5.41, 5.74) is 5.99. The zero-order chi connectivity index (χ0) is 15.7. The van der Waals surface area contributed by atoms with Gasteiger partial charge >= 0.3 is 0 Å². The van der Waals surface area contributed by atoms with Crippen molar-refractivity contribution in [1.29, 1.82) is 0 Å². The largest absolute Gasteiger partial charge is 0.381 e. The van der Waals surface area contributed by atoms with E-state index in [0.29, 0.717) is 32.2 Å². The van der Waals surface area contributed by atoms with Gasteiger partial charge in [0.1, 0.15) is 0 Å².